The smallest absolute Gasteiger partial charge is 0.222 e. The summed E-state index contributed by atoms with van der Waals surface area (Å²) >= 11 is 0. The number of hydrogen-bond donors (Lipinski definition) is 0. The lowest BCUT2D eigenvalue weighted by molar-refractivity contribution is -0.127. The van der Waals surface area contributed by atoms with Crippen LogP contribution in [0.1, 0.15) is 36.8 Å². The van der Waals surface area contributed by atoms with E-state index < -0.39 is 0 Å². The molecule has 1 aromatic carbocycles. The zero-order valence-electron chi connectivity index (χ0n) is 13.4. The van der Waals surface area contributed by atoms with Crippen molar-refractivity contribution in [3.05, 3.63) is 35.5 Å². The average molecular weight is 310 g/mol. The molecule has 1 aromatic heterocycles. The summed E-state index contributed by atoms with van der Waals surface area (Å²) in [4.78, 5) is 13.5. The highest BCUT2D eigenvalue weighted by molar-refractivity contribution is 5.77. The highest BCUT2D eigenvalue weighted by Crippen LogP contribution is 2.26. The largest absolute Gasteiger partial charge is 0.343 e. The molecule has 5 nitrogen and oxygen atoms in total. The minimum atomic E-state index is 0.294. The predicted molar refractivity (Wildman–Crippen MR) is 87.9 cm³/mol. The van der Waals surface area contributed by atoms with Gasteiger partial charge in [0.1, 0.15) is 5.69 Å². The topological polar surface area (TPSA) is 51.0 Å². The van der Waals surface area contributed by atoms with Crippen LogP contribution in [0.2, 0.25) is 0 Å². The van der Waals surface area contributed by atoms with Crippen LogP contribution in [0.4, 0.5) is 0 Å². The van der Waals surface area contributed by atoms with Gasteiger partial charge >= 0.3 is 0 Å². The Bertz CT molecular complexity index is 722. The third-order valence-electron chi connectivity index (χ3n) is 4.92. The quantitative estimate of drug-likeness (QED) is 0.852. The molecule has 2 heterocycles. The van der Waals surface area contributed by atoms with E-state index in [0.29, 0.717) is 12.3 Å². The van der Waals surface area contributed by atoms with Crippen LogP contribution in [0.15, 0.2) is 24.4 Å². The maximum absolute atomic E-state index is 11.6. The van der Waals surface area contributed by atoms with Crippen LogP contribution in [0, 0.1) is 0 Å². The minimum absolute atomic E-state index is 0.294. The van der Waals surface area contributed by atoms with Gasteiger partial charge < -0.3 is 4.90 Å². The first kappa shape index (κ1) is 14.4. The Balaban J connectivity index is 1.38. The Morgan fingerprint density at radius 3 is 2.83 bits per heavy atom. The van der Waals surface area contributed by atoms with Crippen molar-refractivity contribution < 1.29 is 4.79 Å². The van der Waals surface area contributed by atoms with E-state index in [4.69, 9.17) is 0 Å². The first-order valence-electron chi connectivity index (χ1n) is 8.60. The van der Waals surface area contributed by atoms with Gasteiger partial charge in [-0.05, 0) is 49.3 Å². The summed E-state index contributed by atoms with van der Waals surface area (Å²) in [6, 6.07) is 6.65. The number of hydrogen-bond acceptors (Lipinski definition) is 3. The third-order valence-corrected chi connectivity index (χ3v) is 4.92. The molecule has 1 fully saturated rings. The van der Waals surface area contributed by atoms with Crippen molar-refractivity contribution in [3.63, 3.8) is 0 Å². The van der Waals surface area contributed by atoms with Crippen molar-refractivity contribution in [2.24, 2.45) is 0 Å². The van der Waals surface area contributed by atoms with Gasteiger partial charge in [0.15, 0.2) is 0 Å². The summed E-state index contributed by atoms with van der Waals surface area (Å²) in [6.07, 6.45) is 8.32. The van der Waals surface area contributed by atoms with Gasteiger partial charge in [-0.25, -0.2) is 0 Å². The number of aromatic nitrogens is 3. The summed E-state index contributed by atoms with van der Waals surface area (Å²) in [5, 5.41) is 8.54. The standard InChI is InChI=1S/C18H22N4O/c23-18-6-2-9-21(18)10-3-11-22-13-17(19-20-22)16-8-7-14-4-1-5-15(14)12-16/h7-8,12-13H,1-6,9-11H2. The van der Waals surface area contributed by atoms with Crippen molar-refractivity contribution >= 4 is 5.91 Å². The number of benzene rings is 1. The molecule has 120 valence electrons. The van der Waals surface area contributed by atoms with Crippen LogP contribution >= 0.6 is 0 Å². The Morgan fingerprint density at radius 2 is 1.96 bits per heavy atom. The molecule has 0 N–H and O–H groups in total. The molecule has 0 atom stereocenters. The fourth-order valence-electron chi connectivity index (χ4n) is 3.64. The molecule has 1 amide bonds. The highest BCUT2D eigenvalue weighted by atomic mass is 16.2. The van der Waals surface area contributed by atoms with Gasteiger partial charge in [0.05, 0.1) is 6.20 Å². The number of carbonyl (C=O) groups excluding carboxylic acids is 1. The van der Waals surface area contributed by atoms with Crippen molar-refractivity contribution in [2.45, 2.75) is 45.1 Å². The Labute approximate surface area is 136 Å². The first-order chi connectivity index (χ1) is 11.3. The van der Waals surface area contributed by atoms with Gasteiger partial charge in [-0.15, -0.1) is 5.10 Å². The monoisotopic (exact) mass is 310 g/mol. The normalized spacial score (nSPS) is 17.0. The summed E-state index contributed by atoms with van der Waals surface area (Å²) in [5.41, 5.74) is 5.05. The second-order valence-corrected chi connectivity index (χ2v) is 6.54. The Kier molecular flexibility index (Phi) is 3.85. The number of fused-ring (bicyclic) bond motifs is 1. The second-order valence-electron chi connectivity index (χ2n) is 6.54. The van der Waals surface area contributed by atoms with E-state index in [0.717, 1.165) is 43.7 Å². The molecule has 1 aliphatic heterocycles. The molecule has 2 aromatic rings. The number of carbonyl (C=O) groups is 1. The summed E-state index contributed by atoms with van der Waals surface area (Å²) < 4.78 is 1.89. The van der Waals surface area contributed by atoms with Gasteiger partial charge in [-0.1, -0.05) is 17.3 Å². The SMILES string of the molecule is O=C1CCCN1CCCn1cc(-c2ccc3c(c2)CCC3)nn1. The highest BCUT2D eigenvalue weighted by Gasteiger charge is 2.19. The van der Waals surface area contributed by atoms with E-state index in [1.54, 1.807) is 0 Å². The van der Waals surface area contributed by atoms with Gasteiger partial charge in [0.2, 0.25) is 5.91 Å². The van der Waals surface area contributed by atoms with Crippen molar-refractivity contribution in [2.75, 3.05) is 13.1 Å². The molecule has 4 rings (SSSR count). The fraction of sp³-hybridized carbons (Fsp3) is 0.500. The lowest BCUT2D eigenvalue weighted by Crippen LogP contribution is -2.26. The van der Waals surface area contributed by atoms with Crippen LogP contribution in [-0.2, 0) is 24.2 Å². The lowest BCUT2D eigenvalue weighted by atomic mass is 10.0. The van der Waals surface area contributed by atoms with Crippen LogP contribution in [0.3, 0.4) is 0 Å². The zero-order chi connectivity index (χ0) is 15.6. The average Bonchev–Trinajstić information content (AvgIpc) is 3.28. The van der Waals surface area contributed by atoms with E-state index in [-0.39, 0.29) is 0 Å². The molecule has 0 radical (unpaired) electrons. The van der Waals surface area contributed by atoms with Gasteiger partial charge in [0.25, 0.3) is 0 Å². The molecule has 1 saturated heterocycles. The minimum Gasteiger partial charge on any atom is -0.343 e. The van der Waals surface area contributed by atoms with Crippen LogP contribution < -0.4 is 0 Å². The van der Waals surface area contributed by atoms with E-state index in [1.165, 1.54) is 30.4 Å². The molecule has 1 aliphatic carbocycles. The van der Waals surface area contributed by atoms with E-state index in [1.807, 2.05) is 15.8 Å². The molecule has 0 unspecified atom stereocenters. The Hall–Kier alpha value is -2.17. The van der Waals surface area contributed by atoms with Crippen LogP contribution in [0.5, 0.6) is 0 Å². The van der Waals surface area contributed by atoms with Crippen molar-refractivity contribution in [3.8, 4) is 11.3 Å². The van der Waals surface area contributed by atoms with Crippen molar-refractivity contribution in [1.29, 1.82) is 0 Å². The first-order valence-corrected chi connectivity index (χ1v) is 8.60. The predicted octanol–water partition coefficient (Wildman–Crippen LogP) is 2.45. The molecular weight excluding hydrogens is 288 g/mol. The molecule has 0 spiro atoms. The Morgan fingerprint density at radius 1 is 1.04 bits per heavy atom. The number of nitrogens with zero attached hydrogens (tertiary/aromatic N) is 4. The molecule has 2 aliphatic rings. The van der Waals surface area contributed by atoms with E-state index in [9.17, 15) is 4.79 Å². The maximum atomic E-state index is 11.6. The second kappa shape index (κ2) is 6.14. The van der Waals surface area contributed by atoms with E-state index in [2.05, 4.69) is 28.5 Å². The fourth-order valence-corrected chi connectivity index (χ4v) is 3.64. The summed E-state index contributed by atoms with van der Waals surface area (Å²) in [5.74, 6) is 0.294. The van der Waals surface area contributed by atoms with E-state index >= 15 is 0 Å². The summed E-state index contributed by atoms with van der Waals surface area (Å²) in [6.45, 7) is 2.55. The van der Waals surface area contributed by atoms with Crippen molar-refractivity contribution in [1.82, 2.24) is 19.9 Å². The number of aryl methyl sites for hydroxylation is 3. The molecule has 5 heteroatoms. The maximum Gasteiger partial charge on any atom is 0.222 e. The lowest BCUT2D eigenvalue weighted by Gasteiger charge is -2.14. The number of amides is 1. The third kappa shape index (κ3) is 3.00. The van der Waals surface area contributed by atoms with Crippen LogP contribution in [0.25, 0.3) is 11.3 Å². The molecule has 23 heavy (non-hydrogen) atoms. The summed E-state index contributed by atoms with van der Waals surface area (Å²) in [7, 11) is 0. The van der Waals surface area contributed by atoms with Gasteiger partial charge in [-0.2, -0.15) is 0 Å². The number of rotatable bonds is 5. The number of likely N-dealkylation sites (tertiary alicyclic amines) is 1. The van der Waals surface area contributed by atoms with Crippen LogP contribution in [-0.4, -0.2) is 38.9 Å². The molecular formula is C18H22N4O. The van der Waals surface area contributed by atoms with Gasteiger partial charge in [0, 0.05) is 31.6 Å². The molecule has 0 saturated carbocycles. The zero-order valence-corrected chi connectivity index (χ0v) is 13.4. The van der Waals surface area contributed by atoms with Gasteiger partial charge in [-0.3, -0.25) is 9.48 Å². The molecule has 0 bridgehead atoms.